The summed E-state index contributed by atoms with van der Waals surface area (Å²) in [6.45, 7) is 5.23. The minimum atomic E-state index is -0.222. The Morgan fingerprint density at radius 1 is 1.35 bits per heavy atom. The van der Waals surface area contributed by atoms with Gasteiger partial charge in [-0.25, -0.2) is 4.39 Å². The molecule has 0 spiro atoms. The predicted molar refractivity (Wildman–Crippen MR) is 103 cm³/mol. The van der Waals surface area contributed by atoms with Crippen LogP contribution < -0.4 is 10.6 Å². The number of nitrogens with one attached hydrogen (secondary N) is 3. The Morgan fingerprint density at radius 3 is 3.08 bits per heavy atom. The first-order chi connectivity index (χ1) is 12.8. The highest BCUT2D eigenvalue weighted by Crippen LogP contribution is 2.19. The Kier molecular flexibility index (Phi) is 6.24. The third-order valence-corrected chi connectivity index (χ3v) is 4.13. The van der Waals surface area contributed by atoms with Crippen molar-refractivity contribution in [1.29, 1.82) is 0 Å². The monoisotopic (exact) mass is 356 g/mol. The molecule has 1 aromatic carbocycles. The molecule has 2 heterocycles. The maximum atomic E-state index is 13.3. The molecule has 0 amide bonds. The molecule has 0 bridgehead atoms. The molecule has 0 atom stereocenters. The van der Waals surface area contributed by atoms with Crippen molar-refractivity contribution >= 4 is 16.9 Å². The van der Waals surface area contributed by atoms with Crippen molar-refractivity contribution in [3.05, 3.63) is 54.2 Å². The molecule has 2 aromatic heterocycles. The Labute approximate surface area is 152 Å². The van der Waals surface area contributed by atoms with E-state index in [0.29, 0.717) is 0 Å². The number of hydrogen-bond acceptors (Lipinski definition) is 2. The van der Waals surface area contributed by atoms with Crippen LogP contribution in [0, 0.1) is 5.82 Å². The van der Waals surface area contributed by atoms with E-state index in [2.05, 4.69) is 32.6 Å². The first kappa shape index (κ1) is 18.0. The molecule has 3 rings (SSSR count). The highest BCUT2D eigenvalue weighted by Gasteiger charge is 2.05. The molecule has 138 valence electrons. The van der Waals surface area contributed by atoms with Crippen molar-refractivity contribution < 1.29 is 4.39 Å². The molecule has 0 aliphatic rings. The maximum absolute atomic E-state index is 13.3. The van der Waals surface area contributed by atoms with Gasteiger partial charge < -0.3 is 15.6 Å². The molecule has 3 aromatic rings. The number of guanidine groups is 1. The van der Waals surface area contributed by atoms with E-state index >= 15 is 0 Å². The fourth-order valence-corrected chi connectivity index (χ4v) is 2.88. The van der Waals surface area contributed by atoms with Crippen LogP contribution in [0.1, 0.15) is 18.9 Å². The van der Waals surface area contributed by atoms with E-state index in [1.807, 2.05) is 29.2 Å². The van der Waals surface area contributed by atoms with Gasteiger partial charge in [0.2, 0.25) is 0 Å². The normalized spacial score (nSPS) is 11.8. The van der Waals surface area contributed by atoms with Crippen LogP contribution in [0.4, 0.5) is 4.39 Å². The minimum absolute atomic E-state index is 0.222. The summed E-state index contributed by atoms with van der Waals surface area (Å²) in [7, 11) is 0. The number of nitrogens with zero attached hydrogens (tertiary/aromatic N) is 3. The molecule has 0 aliphatic heterocycles. The highest BCUT2D eigenvalue weighted by molar-refractivity contribution is 5.83. The van der Waals surface area contributed by atoms with Gasteiger partial charge in [-0.1, -0.05) is 0 Å². The van der Waals surface area contributed by atoms with Crippen molar-refractivity contribution in [3.8, 4) is 0 Å². The summed E-state index contributed by atoms with van der Waals surface area (Å²) >= 11 is 0. The molecule has 0 saturated heterocycles. The lowest BCUT2D eigenvalue weighted by molar-refractivity contribution is 0.584. The maximum Gasteiger partial charge on any atom is 0.191 e. The van der Waals surface area contributed by atoms with E-state index in [-0.39, 0.29) is 5.82 Å². The van der Waals surface area contributed by atoms with Crippen LogP contribution in [0.3, 0.4) is 0 Å². The summed E-state index contributed by atoms with van der Waals surface area (Å²) in [5.41, 5.74) is 2.00. The molecular formula is C19H25FN6. The second-order valence-corrected chi connectivity index (χ2v) is 6.06. The molecule has 0 radical (unpaired) electrons. The average molecular weight is 356 g/mol. The summed E-state index contributed by atoms with van der Waals surface area (Å²) in [5.74, 6) is 0.597. The van der Waals surface area contributed by atoms with E-state index in [1.54, 1.807) is 6.20 Å². The van der Waals surface area contributed by atoms with Crippen molar-refractivity contribution in [2.24, 2.45) is 4.99 Å². The standard InChI is InChI=1S/C19H25FN6/c1-2-21-19(22-8-3-11-26-12-4-9-25-26)23-10-7-15-14-24-18-13-16(20)5-6-17(15)18/h4-6,9,12-14,24H,2-3,7-8,10-11H2,1H3,(H2,21,22,23). The number of aryl methyl sites for hydroxylation is 1. The first-order valence-corrected chi connectivity index (χ1v) is 9.01. The van der Waals surface area contributed by atoms with Crippen molar-refractivity contribution in [3.63, 3.8) is 0 Å². The van der Waals surface area contributed by atoms with E-state index in [0.717, 1.165) is 55.9 Å². The Hall–Kier alpha value is -2.83. The van der Waals surface area contributed by atoms with Crippen LogP contribution in [-0.2, 0) is 13.0 Å². The zero-order valence-electron chi connectivity index (χ0n) is 15.0. The van der Waals surface area contributed by atoms with Crippen LogP contribution in [0.25, 0.3) is 10.9 Å². The smallest absolute Gasteiger partial charge is 0.191 e. The third kappa shape index (κ3) is 4.84. The van der Waals surface area contributed by atoms with Gasteiger partial charge in [0.05, 0.1) is 0 Å². The zero-order valence-corrected chi connectivity index (χ0v) is 15.0. The predicted octanol–water partition coefficient (Wildman–Crippen LogP) is 2.69. The first-order valence-electron chi connectivity index (χ1n) is 9.01. The van der Waals surface area contributed by atoms with Gasteiger partial charge in [0, 0.05) is 55.7 Å². The van der Waals surface area contributed by atoms with Crippen LogP contribution in [0.2, 0.25) is 0 Å². The number of hydrogen-bond donors (Lipinski definition) is 3. The van der Waals surface area contributed by atoms with Gasteiger partial charge in [-0.15, -0.1) is 0 Å². The number of rotatable bonds is 8. The molecule has 0 saturated carbocycles. The van der Waals surface area contributed by atoms with Crippen molar-refractivity contribution in [2.45, 2.75) is 26.3 Å². The Bertz CT molecular complexity index is 837. The minimum Gasteiger partial charge on any atom is -0.361 e. The third-order valence-electron chi connectivity index (χ3n) is 4.13. The molecule has 0 unspecified atom stereocenters. The number of fused-ring (bicyclic) bond motifs is 1. The molecular weight excluding hydrogens is 331 g/mol. The van der Waals surface area contributed by atoms with Crippen LogP contribution >= 0.6 is 0 Å². The van der Waals surface area contributed by atoms with Gasteiger partial charge in [-0.3, -0.25) is 9.67 Å². The number of H-pyrrole nitrogens is 1. The Balaban J connectivity index is 1.48. The van der Waals surface area contributed by atoms with Gasteiger partial charge in [0.15, 0.2) is 5.96 Å². The number of aromatic nitrogens is 3. The van der Waals surface area contributed by atoms with Crippen LogP contribution in [0.5, 0.6) is 0 Å². The quantitative estimate of drug-likeness (QED) is 0.330. The van der Waals surface area contributed by atoms with Gasteiger partial charge in [0.25, 0.3) is 0 Å². The number of aliphatic imine (C=N–C) groups is 1. The van der Waals surface area contributed by atoms with E-state index < -0.39 is 0 Å². The van der Waals surface area contributed by atoms with E-state index in [4.69, 9.17) is 0 Å². The molecule has 7 heteroatoms. The molecule has 26 heavy (non-hydrogen) atoms. The number of halogens is 1. The van der Waals surface area contributed by atoms with Crippen molar-refractivity contribution in [1.82, 2.24) is 25.4 Å². The lowest BCUT2D eigenvalue weighted by atomic mass is 10.1. The zero-order chi connectivity index (χ0) is 18.2. The molecule has 0 fully saturated rings. The second kappa shape index (κ2) is 9.03. The largest absolute Gasteiger partial charge is 0.361 e. The lowest BCUT2D eigenvalue weighted by Gasteiger charge is -2.11. The number of aromatic amines is 1. The topological polar surface area (TPSA) is 70.0 Å². The molecule has 0 aliphatic carbocycles. The van der Waals surface area contributed by atoms with Crippen molar-refractivity contribution in [2.75, 3.05) is 19.6 Å². The highest BCUT2D eigenvalue weighted by atomic mass is 19.1. The second-order valence-electron chi connectivity index (χ2n) is 6.06. The summed E-state index contributed by atoms with van der Waals surface area (Å²) in [5, 5.41) is 11.9. The van der Waals surface area contributed by atoms with Crippen LogP contribution in [-0.4, -0.2) is 40.4 Å². The molecule has 3 N–H and O–H groups in total. The summed E-state index contributed by atoms with van der Waals surface area (Å²) in [6, 6.07) is 6.77. The average Bonchev–Trinajstić information content (AvgIpc) is 3.28. The SMILES string of the molecule is CCNC(=NCCCn1cccn1)NCCc1c[nH]c2cc(F)ccc12. The lowest BCUT2D eigenvalue weighted by Crippen LogP contribution is -2.38. The molecule has 6 nitrogen and oxygen atoms in total. The van der Waals surface area contributed by atoms with Gasteiger partial charge in [-0.05, 0) is 49.6 Å². The fourth-order valence-electron chi connectivity index (χ4n) is 2.88. The summed E-state index contributed by atoms with van der Waals surface area (Å²) in [6.07, 6.45) is 7.46. The van der Waals surface area contributed by atoms with Gasteiger partial charge >= 0.3 is 0 Å². The van der Waals surface area contributed by atoms with E-state index in [1.165, 1.54) is 17.7 Å². The fraction of sp³-hybridized carbons (Fsp3) is 0.368. The summed E-state index contributed by atoms with van der Waals surface area (Å²) < 4.78 is 15.2. The van der Waals surface area contributed by atoms with Gasteiger partial charge in [-0.2, -0.15) is 5.10 Å². The van der Waals surface area contributed by atoms with Gasteiger partial charge in [0.1, 0.15) is 5.82 Å². The van der Waals surface area contributed by atoms with Crippen LogP contribution in [0.15, 0.2) is 47.8 Å². The van der Waals surface area contributed by atoms with E-state index in [9.17, 15) is 4.39 Å². The Morgan fingerprint density at radius 2 is 2.27 bits per heavy atom. The number of benzene rings is 1. The summed E-state index contributed by atoms with van der Waals surface area (Å²) in [4.78, 5) is 7.73.